The largest absolute Gasteiger partial charge is 0.336 e. The summed E-state index contributed by atoms with van der Waals surface area (Å²) in [6.45, 7) is 9.52. The van der Waals surface area contributed by atoms with E-state index < -0.39 is 15.6 Å². The van der Waals surface area contributed by atoms with Crippen LogP contribution in [0.15, 0.2) is 34.5 Å². The van der Waals surface area contributed by atoms with Gasteiger partial charge >= 0.3 is 0 Å². The molecule has 0 saturated carbocycles. The van der Waals surface area contributed by atoms with Gasteiger partial charge in [0.05, 0.1) is 0 Å². The first kappa shape index (κ1) is 22.3. The van der Waals surface area contributed by atoms with Gasteiger partial charge in [0, 0.05) is 36.4 Å². The lowest BCUT2D eigenvalue weighted by Crippen LogP contribution is -2.34. The zero-order valence-electron chi connectivity index (χ0n) is 17.0. The molecule has 0 atom stereocenters. The molecule has 0 radical (unpaired) electrons. The van der Waals surface area contributed by atoms with E-state index in [2.05, 4.69) is 0 Å². The predicted molar refractivity (Wildman–Crippen MR) is 113 cm³/mol. The van der Waals surface area contributed by atoms with E-state index in [1.54, 1.807) is 18.7 Å². The highest BCUT2D eigenvalue weighted by Gasteiger charge is 2.25. The molecule has 0 aliphatic carbocycles. The number of thiophene rings is 1. The molecule has 0 unspecified atom stereocenters. The molecule has 0 aliphatic heterocycles. The van der Waals surface area contributed by atoms with Crippen molar-refractivity contribution in [2.45, 2.75) is 57.8 Å². The van der Waals surface area contributed by atoms with Gasteiger partial charge in [-0.05, 0) is 38.0 Å². The number of amides is 1. The highest BCUT2D eigenvalue weighted by Crippen LogP contribution is 2.36. The molecule has 0 saturated heterocycles. The molecule has 0 bridgehead atoms. The van der Waals surface area contributed by atoms with Crippen LogP contribution in [0.1, 0.15) is 44.6 Å². The number of hydrogen-bond donors (Lipinski definition) is 0. The number of benzene rings is 1. The fourth-order valence-corrected chi connectivity index (χ4v) is 6.05. The Morgan fingerprint density at radius 2 is 1.75 bits per heavy atom. The fraction of sp³-hybridized carbons (Fsp3) is 0.429. The molecule has 0 N–H and O–H groups in total. The summed E-state index contributed by atoms with van der Waals surface area (Å²) in [5.41, 5.74) is 2.39. The second kappa shape index (κ2) is 9.01. The standard InChI is InChI=1S/C21H27NO4S2/c1-6-19(24)13-28(25,26)21-20(11-15(4)27-21)18-9-7-17(8-10-18)12-22(14(2)3)16(5)23/h7-11,14H,6,12-13H2,1-5H3. The van der Waals surface area contributed by atoms with Crippen LogP contribution in [-0.4, -0.2) is 36.8 Å². The maximum atomic E-state index is 12.7. The first-order chi connectivity index (χ1) is 13.0. The van der Waals surface area contributed by atoms with Crippen LogP contribution in [-0.2, 0) is 26.0 Å². The summed E-state index contributed by atoms with van der Waals surface area (Å²) in [7, 11) is -3.67. The van der Waals surface area contributed by atoms with Crippen molar-refractivity contribution < 1.29 is 18.0 Å². The van der Waals surface area contributed by atoms with E-state index in [0.29, 0.717) is 12.1 Å². The van der Waals surface area contributed by atoms with Gasteiger partial charge in [0.1, 0.15) is 15.7 Å². The summed E-state index contributed by atoms with van der Waals surface area (Å²) in [4.78, 5) is 26.1. The van der Waals surface area contributed by atoms with Gasteiger partial charge in [0.15, 0.2) is 9.84 Å². The highest BCUT2D eigenvalue weighted by atomic mass is 32.2. The van der Waals surface area contributed by atoms with Crippen molar-refractivity contribution in [2.24, 2.45) is 0 Å². The Balaban J connectivity index is 2.35. The molecular formula is C21H27NO4S2. The number of ketones is 1. The number of nitrogens with zero attached hydrogens (tertiary/aromatic N) is 1. The number of rotatable bonds is 8. The minimum Gasteiger partial charge on any atom is -0.336 e. The second-order valence-electron chi connectivity index (χ2n) is 7.15. The lowest BCUT2D eigenvalue weighted by atomic mass is 10.1. The number of sulfone groups is 1. The average Bonchev–Trinajstić information content (AvgIpc) is 3.02. The van der Waals surface area contributed by atoms with Crippen molar-refractivity contribution in [1.82, 2.24) is 4.90 Å². The zero-order chi connectivity index (χ0) is 21.1. The molecule has 1 amide bonds. The monoisotopic (exact) mass is 421 g/mol. The minimum absolute atomic E-state index is 0.0153. The second-order valence-corrected chi connectivity index (χ2v) is 10.6. The Morgan fingerprint density at radius 1 is 1.14 bits per heavy atom. The van der Waals surface area contributed by atoms with Crippen molar-refractivity contribution in [2.75, 3.05) is 5.75 Å². The van der Waals surface area contributed by atoms with Crippen molar-refractivity contribution in [1.29, 1.82) is 0 Å². The van der Waals surface area contributed by atoms with Crippen LogP contribution >= 0.6 is 11.3 Å². The Bertz CT molecular complexity index is 957. The van der Waals surface area contributed by atoms with E-state index in [4.69, 9.17) is 0 Å². The molecular weight excluding hydrogens is 394 g/mol. The molecule has 1 heterocycles. The lowest BCUT2D eigenvalue weighted by molar-refractivity contribution is -0.131. The number of Topliss-reactive ketones (excluding diaryl/α,β-unsaturated/α-hetero) is 1. The van der Waals surface area contributed by atoms with E-state index >= 15 is 0 Å². The average molecular weight is 422 g/mol. The van der Waals surface area contributed by atoms with Crippen LogP contribution in [0.3, 0.4) is 0 Å². The molecule has 5 nitrogen and oxygen atoms in total. The molecule has 2 aromatic rings. The summed E-state index contributed by atoms with van der Waals surface area (Å²) in [5, 5.41) is 0. The van der Waals surface area contributed by atoms with Crippen LogP contribution in [0.25, 0.3) is 11.1 Å². The fourth-order valence-electron chi connectivity index (χ4n) is 2.95. The van der Waals surface area contributed by atoms with Gasteiger partial charge in [0.25, 0.3) is 0 Å². The third-order valence-electron chi connectivity index (χ3n) is 4.49. The molecule has 1 aromatic heterocycles. The van der Waals surface area contributed by atoms with Gasteiger partial charge in [-0.3, -0.25) is 9.59 Å². The van der Waals surface area contributed by atoms with Crippen LogP contribution in [0, 0.1) is 6.92 Å². The number of aryl methyl sites for hydroxylation is 1. The number of hydrogen-bond acceptors (Lipinski definition) is 5. The minimum atomic E-state index is -3.67. The summed E-state index contributed by atoms with van der Waals surface area (Å²) < 4.78 is 25.7. The predicted octanol–water partition coefficient (Wildman–Crippen LogP) is 4.23. The smallest absolute Gasteiger partial charge is 0.219 e. The van der Waals surface area contributed by atoms with Gasteiger partial charge < -0.3 is 4.90 Å². The topological polar surface area (TPSA) is 71.5 Å². The van der Waals surface area contributed by atoms with Gasteiger partial charge in [0.2, 0.25) is 5.91 Å². The van der Waals surface area contributed by atoms with Crippen molar-refractivity contribution >= 4 is 32.9 Å². The Hall–Kier alpha value is -1.99. The molecule has 28 heavy (non-hydrogen) atoms. The molecule has 0 aliphatic rings. The van der Waals surface area contributed by atoms with Crippen molar-refractivity contribution in [3.8, 4) is 11.1 Å². The number of carbonyl (C=O) groups is 2. The Labute approximate surface area is 171 Å². The van der Waals surface area contributed by atoms with Crippen molar-refractivity contribution in [3.05, 3.63) is 40.8 Å². The first-order valence-corrected chi connectivity index (χ1v) is 11.7. The third-order valence-corrected chi connectivity index (χ3v) is 7.84. The van der Waals surface area contributed by atoms with E-state index in [1.807, 2.05) is 51.1 Å². The maximum Gasteiger partial charge on any atom is 0.219 e. The zero-order valence-corrected chi connectivity index (χ0v) is 18.6. The van der Waals surface area contributed by atoms with E-state index in [0.717, 1.165) is 16.0 Å². The molecule has 0 spiro atoms. The molecule has 7 heteroatoms. The van der Waals surface area contributed by atoms with Crippen LogP contribution < -0.4 is 0 Å². The maximum absolute atomic E-state index is 12.7. The number of carbonyl (C=O) groups excluding carboxylic acids is 2. The molecule has 1 aromatic carbocycles. The van der Waals surface area contributed by atoms with Crippen LogP contribution in [0.4, 0.5) is 0 Å². The van der Waals surface area contributed by atoms with Crippen molar-refractivity contribution in [3.63, 3.8) is 0 Å². The van der Waals surface area contributed by atoms with Gasteiger partial charge in [-0.25, -0.2) is 8.42 Å². The Morgan fingerprint density at radius 3 is 2.25 bits per heavy atom. The molecule has 152 valence electrons. The van der Waals surface area contributed by atoms with Gasteiger partial charge in [-0.1, -0.05) is 31.2 Å². The van der Waals surface area contributed by atoms with Crippen LogP contribution in [0.5, 0.6) is 0 Å². The van der Waals surface area contributed by atoms with E-state index in [9.17, 15) is 18.0 Å². The molecule has 0 fully saturated rings. The van der Waals surface area contributed by atoms with Gasteiger partial charge in [-0.15, -0.1) is 11.3 Å². The SMILES string of the molecule is CCC(=O)CS(=O)(=O)c1sc(C)cc1-c1ccc(CN(C(C)=O)C(C)C)cc1. The molecule has 2 rings (SSSR count). The quantitative estimate of drug-likeness (QED) is 0.639. The van der Waals surface area contributed by atoms with E-state index in [1.165, 1.54) is 11.3 Å². The lowest BCUT2D eigenvalue weighted by Gasteiger charge is -2.25. The Kier molecular flexibility index (Phi) is 7.17. The summed E-state index contributed by atoms with van der Waals surface area (Å²) in [6, 6.07) is 9.51. The van der Waals surface area contributed by atoms with Gasteiger partial charge in [-0.2, -0.15) is 0 Å². The first-order valence-electron chi connectivity index (χ1n) is 9.26. The summed E-state index contributed by atoms with van der Waals surface area (Å²) in [6.07, 6.45) is 0.204. The van der Waals surface area contributed by atoms with E-state index in [-0.39, 0.29) is 28.4 Å². The summed E-state index contributed by atoms with van der Waals surface area (Å²) >= 11 is 1.20. The third kappa shape index (κ3) is 5.29. The summed E-state index contributed by atoms with van der Waals surface area (Å²) in [5.74, 6) is -0.733. The highest BCUT2D eigenvalue weighted by molar-refractivity contribution is 7.94. The van der Waals surface area contributed by atoms with Crippen LogP contribution in [0.2, 0.25) is 0 Å². The normalized spacial score (nSPS) is 11.6.